The fourth-order valence-electron chi connectivity index (χ4n) is 2.83. The lowest BCUT2D eigenvalue weighted by molar-refractivity contribution is 0.0955. The number of para-hydroxylation sites is 1. The second-order valence-electron chi connectivity index (χ2n) is 5.37. The van der Waals surface area contributed by atoms with E-state index in [0.717, 1.165) is 18.7 Å². The van der Waals surface area contributed by atoms with E-state index in [4.69, 9.17) is 10.5 Å². The minimum absolute atomic E-state index is 0.0764. The van der Waals surface area contributed by atoms with Crippen LogP contribution in [0, 0.1) is 0 Å². The van der Waals surface area contributed by atoms with E-state index < -0.39 is 0 Å². The molecule has 0 spiro atoms. The molecule has 122 valence electrons. The van der Waals surface area contributed by atoms with Gasteiger partial charge in [-0.2, -0.15) is 0 Å². The number of nitrogen functional groups attached to an aromatic ring is 1. The van der Waals surface area contributed by atoms with Gasteiger partial charge in [-0.15, -0.1) is 0 Å². The van der Waals surface area contributed by atoms with Gasteiger partial charge in [-0.1, -0.05) is 25.1 Å². The van der Waals surface area contributed by atoms with Crippen LogP contribution in [0.25, 0.3) is 0 Å². The average Bonchev–Trinajstić information content (AvgIpc) is 2.59. The lowest BCUT2D eigenvalue weighted by Gasteiger charge is -2.31. The van der Waals surface area contributed by atoms with Crippen molar-refractivity contribution in [2.75, 3.05) is 24.3 Å². The lowest BCUT2D eigenvalue weighted by Crippen LogP contribution is -2.41. The maximum Gasteiger partial charge on any atom is 0.185 e. The number of nitrogens with zero attached hydrogens (tertiary/aromatic N) is 1. The van der Waals surface area contributed by atoms with Crippen molar-refractivity contribution in [2.45, 2.75) is 26.3 Å². The molecule has 0 aliphatic carbocycles. The summed E-state index contributed by atoms with van der Waals surface area (Å²) in [6, 6.07) is 15.0. The van der Waals surface area contributed by atoms with Gasteiger partial charge in [0.15, 0.2) is 5.78 Å². The smallest absolute Gasteiger partial charge is 0.185 e. The van der Waals surface area contributed by atoms with E-state index in [0.29, 0.717) is 17.0 Å². The van der Waals surface area contributed by atoms with E-state index in [1.54, 1.807) is 25.3 Å². The number of ketones is 1. The van der Waals surface area contributed by atoms with Crippen LogP contribution >= 0.6 is 0 Å². The number of likely N-dealkylation sites (N-methyl/N-ethyl adjacent to an activating group) is 1. The summed E-state index contributed by atoms with van der Waals surface area (Å²) in [6.45, 7) is 4.85. The summed E-state index contributed by atoms with van der Waals surface area (Å²) in [5.74, 6) is 0.664. The summed E-state index contributed by atoms with van der Waals surface area (Å²) >= 11 is 0. The van der Waals surface area contributed by atoms with Crippen LogP contribution in [-0.4, -0.2) is 25.5 Å². The number of hydrogen-bond acceptors (Lipinski definition) is 4. The first-order chi connectivity index (χ1) is 11.1. The van der Waals surface area contributed by atoms with Crippen LogP contribution in [-0.2, 0) is 0 Å². The van der Waals surface area contributed by atoms with Crippen molar-refractivity contribution in [1.29, 1.82) is 0 Å². The van der Waals surface area contributed by atoms with Crippen LogP contribution in [0.3, 0.4) is 0 Å². The van der Waals surface area contributed by atoms with Gasteiger partial charge in [0.2, 0.25) is 0 Å². The molecule has 0 fully saturated rings. The largest absolute Gasteiger partial charge is 0.495 e. The van der Waals surface area contributed by atoms with Gasteiger partial charge in [0.05, 0.1) is 18.8 Å². The van der Waals surface area contributed by atoms with Crippen LogP contribution in [0.2, 0.25) is 0 Å². The summed E-state index contributed by atoms with van der Waals surface area (Å²) in [4.78, 5) is 15.1. The molecule has 0 radical (unpaired) electrons. The Bertz CT molecular complexity index is 656. The van der Waals surface area contributed by atoms with E-state index in [-0.39, 0.29) is 11.8 Å². The van der Waals surface area contributed by atoms with Crippen LogP contribution in [0.15, 0.2) is 48.5 Å². The molecule has 0 heterocycles. The zero-order chi connectivity index (χ0) is 16.8. The predicted octanol–water partition coefficient (Wildman–Crippen LogP) is 3.77. The van der Waals surface area contributed by atoms with Gasteiger partial charge >= 0.3 is 0 Å². The molecule has 0 bridgehead atoms. The van der Waals surface area contributed by atoms with E-state index >= 15 is 0 Å². The Kier molecular flexibility index (Phi) is 5.63. The molecule has 0 saturated heterocycles. The Labute approximate surface area is 137 Å². The van der Waals surface area contributed by atoms with Gasteiger partial charge in [-0.3, -0.25) is 4.79 Å². The maximum absolute atomic E-state index is 13.0. The maximum atomic E-state index is 13.0. The van der Waals surface area contributed by atoms with Crippen molar-refractivity contribution in [3.05, 3.63) is 54.1 Å². The third-order valence-electron chi connectivity index (χ3n) is 4.01. The first-order valence-corrected chi connectivity index (χ1v) is 7.91. The lowest BCUT2D eigenvalue weighted by atomic mass is 9.99. The first kappa shape index (κ1) is 16.9. The van der Waals surface area contributed by atoms with E-state index in [1.807, 2.05) is 37.3 Å². The van der Waals surface area contributed by atoms with Crippen LogP contribution < -0.4 is 15.4 Å². The quantitative estimate of drug-likeness (QED) is 0.624. The Morgan fingerprint density at radius 1 is 1.17 bits per heavy atom. The van der Waals surface area contributed by atoms with Crippen LogP contribution in [0.1, 0.15) is 30.6 Å². The molecular weight excluding hydrogens is 288 g/mol. The highest BCUT2D eigenvalue weighted by Gasteiger charge is 2.25. The number of carbonyl (C=O) groups excluding carboxylic acids is 1. The molecule has 2 N–H and O–H groups in total. The number of Topliss-reactive ketones (excluding diaryl/α,β-unsaturated/α-hetero) is 1. The number of rotatable bonds is 7. The number of nitrogens with two attached hydrogens (primary N) is 1. The first-order valence-electron chi connectivity index (χ1n) is 7.91. The monoisotopic (exact) mass is 312 g/mol. The predicted molar refractivity (Wildman–Crippen MR) is 95.3 cm³/mol. The van der Waals surface area contributed by atoms with Gasteiger partial charge in [-0.25, -0.2) is 0 Å². The van der Waals surface area contributed by atoms with E-state index in [9.17, 15) is 4.79 Å². The van der Waals surface area contributed by atoms with Crippen LogP contribution in [0.4, 0.5) is 11.4 Å². The Hall–Kier alpha value is -2.49. The molecule has 2 rings (SSSR count). The molecular formula is C19H24N2O2. The second kappa shape index (κ2) is 7.68. The van der Waals surface area contributed by atoms with Crippen molar-refractivity contribution in [2.24, 2.45) is 0 Å². The fourth-order valence-corrected chi connectivity index (χ4v) is 2.83. The third kappa shape index (κ3) is 3.65. The van der Waals surface area contributed by atoms with Gasteiger partial charge in [-0.05, 0) is 43.7 Å². The second-order valence-corrected chi connectivity index (χ2v) is 5.37. The highest BCUT2D eigenvalue weighted by atomic mass is 16.5. The van der Waals surface area contributed by atoms with E-state index in [1.165, 1.54) is 0 Å². The zero-order valence-corrected chi connectivity index (χ0v) is 14.0. The minimum Gasteiger partial charge on any atom is -0.495 e. The summed E-state index contributed by atoms with van der Waals surface area (Å²) in [7, 11) is 1.57. The minimum atomic E-state index is -0.213. The molecule has 4 heteroatoms. The number of methoxy groups -OCH3 is 1. The van der Waals surface area contributed by atoms with Crippen molar-refractivity contribution < 1.29 is 9.53 Å². The van der Waals surface area contributed by atoms with Crippen LogP contribution in [0.5, 0.6) is 5.75 Å². The van der Waals surface area contributed by atoms with Gasteiger partial charge in [0.1, 0.15) is 5.75 Å². The summed E-state index contributed by atoms with van der Waals surface area (Å²) in [6.07, 6.45) is 0.730. The molecule has 1 atom stereocenters. The average molecular weight is 312 g/mol. The normalized spacial score (nSPS) is 11.8. The number of anilines is 2. The highest BCUT2D eigenvalue weighted by Crippen LogP contribution is 2.25. The molecule has 4 nitrogen and oxygen atoms in total. The fraction of sp³-hybridized carbons (Fsp3) is 0.316. The summed E-state index contributed by atoms with van der Waals surface area (Å²) < 4.78 is 5.16. The highest BCUT2D eigenvalue weighted by molar-refractivity contribution is 6.02. The number of hydrogen-bond donors (Lipinski definition) is 1. The Morgan fingerprint density at radius 2 is 1.87 bits per heavy atom. The van der Waals surface area contributed by atoms with Crippen molar-refractivity contribution >= 4 is 17.2 Å². The molecule has 0 aliphatic heterocycles. The SMILES string of the molecule is CCC(C(=O)c1ccc(OC)c(N)c1)N(CC)c1ccccc1. The molecule has 0 amide bonds. The standard InChI is InChI=1S/C19H24N2O2/c1-4-17(21(5-2)15-9-7-6-8-10-15)19(22)14-11-12-18(23-3)16(20)13-14/h6-13,17H,4-5,20H2,1-3H3. The van der Waals surface area contributed by atoms with Crippen molar-refractivity contribution in [1.82, 2.24) is 0 Å². The van der Waals surface area contributed by atoms with Gasteiger partial charge < -0.3 is 15.4 Å². The molecule has 23 heavy (non-hydrogen) atoms. The molecule has 2 aromatic carbocycles. The molecule has 1 unspecified atom stereocenters. The number of ether oxygens (including phenoxy) is 1. The summed E-state index contributed by atoms with van der Waals surface area (Å²) in [5.41, 5.74) is 8.09. The molecule has 0 aromatic heterocycles. The Morgan fingerprint density at radius 3 is 2.39 bits per heavy atom. The van der Waals surface area contributed by atoms with Gasteiger partial charge in [0.25, 0.3) is 0 Å². The van der Waals surface area contributed by atoms with E-state index in [2.05, 4.69) is 11.8 Å². The zero-order valence-electron chi connectivity index (χ0n) is 14.0. The van der Waals surface area contributed by atoms with Crippen molar-refractivity contribution in [3.8, 4) is 5.75 Å². The number of benzene rings is 2. The Balaban J connectivity index is 2.32. The molecule has 0 aliphatic rings. The third-order valence-corrected chi connectivity index (χ3v) is 4.01. The number of carbonyl (C=O) groups is 1. The summed E-state index contributed by atoms with van der Waals surface area (Å²) in [5, 5.41) is 0. The topological polar surface area (TPSA) is 55.6 Å². The molecule has 0 saturated carbocycles. The van der Waals surface area contributed by atoms with Gasteiger partial charge in [0, 0.05) is 17.8 Å². The molecule has 2 aromatic rings. The van der Waals surface area contributed by atoms with Crippen molar-refractivity contribution in [3.63, 3.8) is 0 Å².